The first-order valence-corrected chi connectivity index (χ1v) is 6.87. The molecule has 0 spiro atoms. The standard InChI is InChI=1S/C15H22N2O2/c1-11-9-13(6-7-14(11)19-2)17-15(18)10-12-5-3-4-8-16-12/h6-7,9,12,16H,3-5,8,10H2,1-2H3,(H,17,18). The van der Waals surface area contributed by atoms with Crippen molar-refractivity contribution in [3.63, 3.8) is 0 Å². The number of methoxy groups -OCH3 is 1. The smallest absolute Gasteiger partial charge is 0.225 e. The zero-order chi connectivity index (χ0) is 13.7. The molecule has 1 heterocycles. The highest BCUT2D eigenvalue weighted by Gasteiger charge is 2.16. The van der Waals surface area contributed by atoms with Gasteiger partial charge in [-0.3, -0.25) is 4.79 Å². The Balaban J connectivity index is 1.89. The third-order valence-corrected chi connectivity index (χ3v) is 3.52. The van der Waals surface area contributed by atoms with Gasteiger partial charge in [-0.25, -0.2) is 0 Å². The highest BCUT2D eigenvalue weighted by Crippen LogP contribution is 2.21. The average molecular weight is 262 g/mol. The third kappa shape index (κ3) is 3.96. The minimum Gasteiger partial charge on any atom is -0.496 e. The van der Waals surface area contributed by atoms with Gasteiger partial charge < -0.3 is 15.4 Å². The summed E-state index contributed by atoms with van der Waals surface area (Å²) in [5, 5.41) is 6.33. The van der Waals surface area contributed by atoms with Crippen LogP contribution in [0.5, 0.6) is 5.75 Å². The third-order valence-electron chi connectivity index (χ3n) is 3.52. The van der Waals surface area contributed by atoms with E-state index >= 15 is 0 Å². The Labute approximate surface area is 114 Å². The molecule has 1 unspecified atom stereocenters. The maximum atomic E-state index is 12.0. The predicted octanol–water partition coefficient (Wildman–Crippen LogP) is 2.47. The van der Waals surface area contributed by atoms with Crippen molar-refractivity contribution >= 4 is 11.6 Å². The Kier molecular flexibility index (Phi) is 4.80. The van der Waals surface area contributed by atoms with Crippen LogP contribution in [0, 0.1) is 6.92 Å². The fraction of sp³-hybridized carbons (Fsp3) is 0.533. The van der Waals surface area contributed by atoms with E-state index in [1.165, 1.54) is 12.8 Å². The van der Waals surface area contributed by atoms with Crippen molar-refractivity contribution in [2.24, 2.45) is 0 Å². The van der Waals surface area contributed by atoms with Crippen LogP contribution in [0.1, 0.15) is 31.2 Å². The highest BCUT2D eigenvalue weighted by molar-refractivity contribution is 5.91. The quantitative estimate of drug-likeness (QED) is 0.876. The van der Waals surface area contributed by atoms with E-state index in [1.54, 1.807) is 7.11 Å². The molecule has 1 aliphatic heterocycles. The van der Waals surface area contributed by atoms with Crippen molar-refractivity contribution < 1.29 is 9.53 Å². The number of amides is 1. The minimum absolute atomic E-state index is 0.0731. The Morgan fingerprint density at radius 3 is 2.95 bits per heavy atom. The summed E-state index contributed by atoms with van der Waals surface area (Å²) < 4.78 is 5.20. The molecule has 19 heavy (non-hydrogen) atoms. The molecule has 2 N–H and O–H groups in total. The van der Waals surface area contributed by atoms with Gasteiger partial charge in [-0.05, 0) is 50.1 Å². The van der Waals surface area contributed by atoms with Gasteiger partial charge in [0.2, 0.25) is 5.91 Å². The fourth-order valence-electron chi connectivity index (χ4n) is 2.49. The number of benzene rings is 1. The zero-order valence-corrected chi connectivity index (χ0v) is 11.7. The Hall–Kier alpha value is -1.55. The molecule has 1 amide bonds. The van der Waals surface area contributed by atoms with Gasteiger partial charge >= 0.3 is 0 Å². The molecule has 2 rings (SSSR count). The van der Waals surface area contributed by atoms with E-state index < -0.39 is 0 Å². The summed E-state index contributed by atoms with van der Waals surface area (Å²) in [5.74, 6) is 0.913. The topological polar surface area (TPSA) is 50.4 Å². The SMILES string of the molecule is COc1ccc(NC(=O)CC2CCCCN2)cc1C. The maximum Gasteiger partial charge on any atom is 0.225 e. The summed E-state index contributed by atoms with van der Waals surface area (Å²) >= 11 is 0. The lowest BCUT2D eigenvalue weighted by Gasteiger charge is -2.22. The highest BCUT2D eigenvalue weighted by atomic mass is 16.5. The van der Waals surface area contributed by atoms with Gasteiger partial charge in [-0.15, -0.1) is 0 Å². The van der Waals surface area contributed by atoms with Crippen LogP contribution < -0.4 is 15.4 Å². The second-order valence-corrected chi connectivity index (χ2v) is 5.08. The van der Waals surface area contributed by atoms with Crippen LogP contribution >= 0.6 is 0 Å². The van der Waals surface area contributed by atoms with Crippen molar-refractivity contribution in [1.29, 1.82) is 0 Å². The Morgan fingerprint density at radius 1 is 1.47 bits per heavy atom. The minimum atomic E-state index is 0.0731. The first-order valence-electron chi connectivity index (χ1n) is 6.87. The maximum absolute atomic E-state index is 12.0. The number of hydrogen-bond donors (Lipinski definition) is 2. The lowest BCUT2D eigenvalue weighted by Crippen LogP contribution is -2.36. The molecular formula is C15H22N2O2. The molecule has 0 bridgehead atoms. The van der Waals surface area contributed by atoms with Gasteiger partial charge in [0.25, 0.3) is 0 Å². The van der Waals surface area contributed by atoms with Crippen LogP contribution in [0.3, 0.4) is 0 Å². The van der Waals surface area contributed by atoms with E-state index in [0.29, 0.717) is 12.5 Å². The van der Waals surface area contributed by atoms with Crippen LogP contribution in [0.4, 0.5) is 5.69 Å². The molecule has 1 aromatic carbocycles. The normalized spacial score (nSPS) is 18.9. The number of ether oxygens (including phenoxy) is 1. The number of carbonyl (C=O) groups is 1. The molecule has 1 atom stereocenters. The number of carbonyl (C=O) groups excluding carboxylic acids is 1. The van der Waals surface area contributed by atoms with Crippen molar-refractivity contribution in [3.8, 4) is 5.75 Å². The number of aryl methyl sites for hydroxylation is 1. The number of anilines is 1. The summed E-state index contributed by atoms with van der Waals surface area (Å²) in [7, 11) is 1.65. The van der Waals surface area contributed by atoms with Crippen LogP contribution in [-0.2, 0) is 4.79 Å². The Bertz CT molecular complexity index is 440. The van der Waals surface area contributed by atoms with E-state index in [0.717, 1.165) is 30.0 Å². The number of hydrogen-bond acceptors (Lipinski definition) is 3. The number of rotatable bonds is 4. The predicted molar refractivity (Wildman–Crippen MR) is 76.6 cm³/mol. The van der Waals surface area contributed by atoms with Crippen LogP contribution in [0.15, 0.2) is 18.2 Å². The van der Waals surface area contributed by atoms with E-state index in [1.807, 2.05) is 25.1 Å². The van der Waals surface area contributed by atoms with Gasteiger partial charge in [-0.1, -0.05) is 6.42 Å². The fourth-order valence-corrected chi connectivity index (χ4v) is 2.49. The molecule has 104 valence electrons. The van der Waals surface area contributed by atoms with Crippen molar-refractivity contribution in [1.82, 2.24) is 5.32 Å². The molecule has 1 fully saturated rings. The van der Waals surface area contributed by atoms with Gasteiger partial charge in [0, 0.05) is 18.2 Å². The van der Waals surface area contributed by atoms with E-state index in [4.69, 9.17) is 4.74 Å². The molecule has 0 saturated carbocycles. The van der Waals surface area contributed by atoms with Crippen LogP contribution in [-0.4, -0.2) is 25.6 Å². The van der Waals surface area contributed by atoms with Gasteiger partial charge in [-0.2, -0.15) is 0 Å². The second kappa shape index (κ2) is 6.57. The van der Waals surface area contributed by atoms with Crippen LogP contribution in [0.25, 0.3) is 0 Å². The Morgan fingerprint density at radius 2 is 2.32 bits per heavy atom. The number of piperidine rings is 1. The first-order chi connectivity index (χ1) is 9.19. The zero-order valence-electron chi connectivity index (χ0n) is 11.7. The summed E-state index contributed by atoms with van der Waals surface area (Å²) in [5.41, 5.74) is 1.86. The first kappa shape index (κ1) is 13.9. The number of nitrogens with one attached hydrogen (secondary N) is 2. The molecule has 1 saturated heterocycles. The molecule has 4 nitrogen and oxygen atoms in total. The molecule has 1 aliphatic rings. The molecule has 4 heteroatoms. The van der Waals surface area contributed by atoms with Crippen molar-refractivity contribution in [2.45, 2.75) is 38.6 Å². The largest absolute Gasteiger partial charge is 0.496 e. The van der Waals surface area contributed by atoms with Crippen molar-refractivity contribution in [3.05, 3.63) is 23.8 Å². The van der Waals surface area contributed by atoms with Gasteiger partial charge in [0.15, 0.2) is 0 Å². The van der Waals surface area contributed by atoms with Crippen molar-refractivity contribution in [2.75, 3.05) is 19.0 Å². The monoisotopic (exact) mass is 262 g/mol. The summed E-state index contributed by atoms with van der Waals surface area (Å²) in [6, 6.07) is 6.01. The molecule has 0 radical (unpaired) electrons. The van der Waals surface area contributed by atoms with E-state index in [9.17, 15) is 4.79 Å². The van der Waals surface area contributed by atoms with Gasteiger partial charge in [0.1, 0.15) is 5.75 Å². The average Bonchev–Trinajstić information content (AvgIpc) is 2.40. The van der Waals surface area contributed by atoms with Gasteiger partial charge in [0.05, 0.1) is 7.11 Å². The molecular weight excluding hydrogens is 240 g/mol. The van der Waals surface area contributed by atoms with E-state index in [-0.39, 0.29) is 5.91 Å². The summed E-state index contributed by atoms with van der Waals surface area (Å²) in [4.78, 5) is 12.0. The van der Waals surface area contributed by atoms with Crippen LogP contribution in [0.2, 0.25) is 0 Å². The molecule has 0 aromatic heterocycles. The second-order valence-electron chi connectivity index (χ2n) is 5.08. The summed E-state index contributed by atoms with van der Waals surface area (Å²) in [6.07, 6.45) is 4.07. The lowest BCUT2D eigenvalue weighted by molar-refractivity contribution is -0.116. The van der Waals surface area contributed by atoms with E-state index in [2.05, 4.69) is 10.6 Å². The lowest BCUT2D eigenvalue weighted by atomic mass is 10.0. The molecule has 1 aromatic rings. The summed E-state index contributed by atoms with van der Waals surface area (Å²) in [6.45, 7) is 3.00. The molecule has 0 aliphatic carbocycles.